The van der Waals surface area contributed by atoms with Crippen molar-refractivity contribution in [2.45, 2.75) is 25.7 Å². The molecule has 0 saturated carbocycles. The van der Waals surface area contributed by atoms with Crippen molar-refractivity contribution >= 4 is 27.5 Å². The number of hydrogen-bond acceptors (Lipinski definition) is 6. The molecule has 0 spiro atoms. The number of nitrogens with zero attached hydrogens (tertiary/aromatic N) is 1. The van der Waals surface area contributed by atoms with Crippen molar-refractivity contribution in [1.82, 2.24) is 9.62 Å². The summed E-state index contributed by atoms with van der Waals surface area (Å²) in [6, 6.07) is 11.0. The molecule has 0 heterocycles. The van der Waals surface area contributed by atoms with E-state index in [4.69, 9.17) is 9.47 Å². The third-order valence-corrected chi connectivity index (χ3v) is 6.68. The fraction of sp³-hybridized carbons (Fsp3) is 0.364. The van der Waals surface area contributed by atoms with Crippen LogP contribution >= 0.6 is 0 Å². The maximum atomic E-state index is 12.9. The van der Waals surface area contributed by atoms with Gasteiger partial charge in [0.05, 0.1) is 20.3 Å². The van der Waals surface area contributed by atoms with E-state index in [0.29, 0.717) is 18.0 Å². The quantitative estimate of drug-likeness (QED) is 0.529. The molecule has 0 atom stereocenters. The molecule has 0 aliphatic rings. The molecule has 2 rings (SSSR count). The highest BCUT2D eigenvalue weighted by Gasteiger charge is 2.26. The van der Waals surface area contributed by atoms with Crippen LogP contribution in [0.3, 0.4) is 0 Å². The Morgan fingerprint density at radius 2 is 1.66 bits per heavy atom. The average molecular weight is 464 g/mol. The van der Waals surface area contributed by atoms with Crippen molar-refractivity contribution in [3.05, 3.63) is 48.0 Å². The van der Waals surface area contributed by atoms with Crippen molar-refractivity contribution < 1.29 is 27.5 Å². The second-order valence-electron chi connectivity index (χ2n) is 6.64. The number of anilines is 1. The molecular weight excluding hydrogens is 434 g/mol. The average Bonchev–Trinajstić information content (AvgIpc) is 2.79. The van der Waals surface area contributed by atoms with Gasteiger partial charge in [-0.3, -0.25) is 9.59 Å². The number of sulfonamides is 1. The summed E-state index contributed by atoms with van der Waals surface area (Å²) >= 11 is 0. The van der Waals surface area contributed by atoms with Crippen LogP contribution < -0.4 is 20.1 Å². The van der Waals surface area contributed by atoms with E-state index >= 15 is 0 Å². The lowest BCUT2D eigenvalue weighted by Gasteiger charge is -2.20. The third-order valence-electron chi connectivity index (χ3n) is 4.61. The molecular formula is C22H29N3O6S. The standard InChI is InChI=1S/C22H29N3O6S/c1-5-25(6-2)32(28,29)20-14-16(8-13-19(20)30-4)22(27)23-15-21(26)24-17-9-11-18(12-10-17)31-7-3/h8-14H,5-7,15H2,1-4H3,(H,23,27)(H,24,26). The lowest BCUT2D eigenvalue weighted by atomic mass is 10.2. The van der Waals surface area contributed by atoms with Crippen LogP contribution in [0.1, 0.15) is 31.1 Å². The molecule has 2 N–H and O–H groups in total. The second kappa shape index (κ2) is 11.5. The normalized spacial score (nSPS) is 11.2. The van der Waals surface area contributed by atoms with Gasteiger partial charge in [0.15, 0.2) is 0 Å². The largest absolute Gasteiger partial charge is 0.495 e. The molecule has 0 bridgehead atoms. The first-order chi connectivity index (χ1) is 15.3. The fourth-order valence-corrected chi connectivity index (χ4v) is 4.63. The van der Waals surface area contributed by atoms with E-state index in [1.807, 2.05) is 6.92 Å². The van der Waals surface area contributed by atoms with E-state index in [2.05, 4.69) is 10.6 Å². The molecule has 174 valence electrons. The van der Waals surface area contributed by atoms with Crippen LogP contribution in [-0.2, 0) is 14.8 Å². The van der Waals surface area contributed by atoms with Gasteiger partial charge in [-0.1, -0.05) is 13.8 Å². The maximum Gasteiger partial charge on any atom is 0.251 e. The number of rotatable bonds is 11. The number of methoxy groups -OCH3 is 1. The number of amides is 2. The summed E-state index contributed by atoms with van der Waals surface area (Å²) in [6.07, 6.45) is 0. The van der Waals surface area contributed by atoms with E-state index in [0.717, 1.165) is 0 Å². The van der Waals surface area contributed by atoms with E-state index in [1.165, 1.54) is 29.6 Å². The van der Waals surface area contributed by atoms with Crippen molar-refractivity contribution in [3.63, 3.8) is 0 Å². The first-order valence-electron chi connectivity index (χ1n) is 10.3. The summed E-state index contributed by atoms with van der Waals surface area (Å²) in [5, 5.41) is 5.17. The minimum atomic E-state index is -3.84. The van der Waals surface area contributed by atoms with Crippen LogP contribution in [0.2, 0.25) is 0 Å². The number of ether oxygens (including phenoxy) is 2. The molecule has 0 aliphatic carbocycles. The van der Waals surface area contributed by atoms with Gasteiger partial charge < -0.3 is 20.1 Å². The smallest absolute Gasteiger partial charge is 0.251 e. The monoisotopic (exact) mass is 463 g/mol. The Bertz CT molecular complexity index is 1030. The predicted octanol–water partition coefficient (Wildman–Crippen LogP) is 2.49. The van der Waals surface area contributed by atoms with Gasteiger partial charge in [0.1, 0.15) is 16.4 Å². The molecule has 2 amide bonds. The van der Waals surface area contributed by atoms with Crippen LogP contribution in [-0.4, -0.2) is 57.9 Å². The summed E-state index contributed by atoms with van der Waals surface area (Å²) < 4.78 is 37.7. The van der Waals surface area contributed by atoms with Crippen LogP contribution in [0.15, 0.2) is 47.4 Å². The molecule has 0 aromatic heterocycles. The Balaban J connectivity index is 2.09. The first kappa shape index (κ1) is 25.2. The summed E-state index contributed by atoms with van der Waals surface area (Å²) in [5.74, 6) is -0.173. The zero-order chi connectivity index (χ0) is 23.7. The number of carbonyl (C=O) groups excluding carboxylic acids is 2. The summed E-state index contributed by atoms with van der Waals surface area (Å²) in [6.45, 7) is 6.16. The van der Waals surface area contributed by atoms with Gasteiger partial charge in [-0.05, 0) is 49.4 Å². The van der Waals surface area contributed by atoms with E-state index in [9.17, 15) is 18.0 Å². The van der Waals surface area contributed by atoms with E-state index in [1.54, 1.807) is 38.1 Å². The predicted molar refractivity (Wildman–Crippen MR) is 122 cm³/mol. The molecule has 0 aliphatic heterocycles. The number of hydrogen-bond donors (Lipinski definition) is 2. The zero-order valence-electron chi connectivity index (χ0n) is 18.7. The maximum absolute atomic E-state index is 12.9. The Morgan fingerprint density at radius 1 is 1.00 bits per heavy atom. The minimum Gasteiger partial charge on any atom is -0.495 e. The number of benzene rings is 2. The molecule has 0 radical (unpaired) electrons. The number of nitrogens with one attached hydrogen (secondary N) is 2. The first-order valence-corrected chi connectivity index (χ1v) is 11.7. The second-order valence-corrected chi connectivity index (χ2v) is 8.55. The van der Waals surface area contributed by atoms with Crippen LogP contribution in [0.5, 0.6) is 11.5 Å². The Kier molecular flexibility index (Phi) is 9.03. The molecule has 2 aromatic rings. The molecule has 9 nitrogen and oxygen atoms in total. The van der Waals surface area contributed by atoms with Crippen molar-refractivity contribution in [2.24, 2.45) is 0 Å². The minimum absolute atomic E-state index is 0.102. The Hall–Kier alpha value is -3.11. The van der Waals surface area contributed by atoms with Gasteiger partial charge >= 0.3 is 0 Å². The Labute approximate surface area is 188 Å². The van der Waals surface area contributed by atoms with Crippen molar-refractivity contribution in [2.75, 3.05) is 38.7 Å². The Morgan fingerprint density at radius 3 is 2.22 bits per heavy atom. The molecule has 10 heteroatoms. The molecule has 0 fully saturated rings. The molecule has 32 heavy (non-hydrogen) atoms. The van der Waals surface area contributed by atoms with Gasteiger partial charge in [0.25, 0.3) is 5.91 Å². The van der Waals surface area contributed by atoms with Gasteiger partial charge in [0, 0.05) is 24.3 Å². The fourth-order valence-electron chi connectivity index (χ4n) is 2.99. The van der Waals surface area contributed by atoms with Crippen molar-refractivity contribution in [1.29, 1.82) is 0 Å². The highest BCUT2D eigenvalue weighted by molar-refractivity contribution is 7.89. The van der Waals surface area contributed by atoms with Gasteiger partial charge in [-0.2, -0.15) is 4.31 Å². The highest BCUT2D eigenvalue weighted by atomic mass is 32.2. The highest BCUT2D eigenvalue weighted by Crippen LogP contribution is 2.28. The molecule has 0 unspecified atom stereocenters. The van der Waals surface area contributed by atoms with Gasteiger partial charge in [-0.15, -0.1) is 0 Å². The van der Waals surface area contributed by atoms with Crippen molar-refractivity contribution in [3.8, 4) is 11.5 Å². The zero-order valence-corrected chi connectivity index (χ0v) is 19.5. The molecule has 0 saturated heterocycles. The van der Waals surface area contributed by atoms with E-state index in [-0.39, 0.29) is 35.8 Å². The van der Waals surface area contributed by atoms with E-state index < -0.39 is 21.8 Å². The number of carbonyl (C=O) groups is 2. The SMILES string of the molecule is CCOc1ccc(NC(=O)CNC(=O)c2ccc(OC)c(S(=O)(=O)N(CC)CC)c2)cc1. The van der Waals surface area contributed by atoms with Crippen LogP contribution in [0, 0.1) is 0 Å². The third kappa shape index (κ3) is 6.21. The van der Waals surface area contributed by atoms with Crippen LogP contribution in [0.4, 0.5) is 5.69 Å². The molecule has 2 aromatic carbocycles. The van der Waals surface area contributed by atoms with Gasteiger partial charge in [0.2, 0.25) is 15.9 Å². The van der Waals surface area contributed by atoms with Crippen LogP contribution in [0.25, 0.3) is 0 Å². The topological polar surface area (TPSA) is 114 Å². The lowest BCUT2D eigenvalue weighted by Crippen LogP contribution is -2.33. The van der Waals surface area contributed by atoms with Gasteiger partial charge in [-0.25, -0.2) is 8.42 Å². The summed E-state index contributed by atoms with van der Waals surface area (Å²) in [4.78, 5) is 24.6. The summed E-state index contributed by atoms with van der Waals surface area (Å²) in [5.41, 5.74) is 0.662. The lowest BCUT2D eigenvalue weighted by molar-refractivity contribution is -0.115. The summed E-state index contributed by atoms with van der Waals surface area (Å²) in [7, 11) is -2.48.